The van der Waals surface area contributed by atoms with Crippen LogP contribution in [0.25, 0.3) is 0 Å². The number of rotatable bonds is 5. The Morgan fingerprint density at radius 1 is 0.923 bits per heavy atom. The number of esters is 2. The van der Waals surface area contributed by atoms with Crippen LogP contribution < -0.4 is 0 Å². The highest BCUT2D eigenvalue weighted by molar-refractivity contribution is 5.89. The number of ether oxygens (including phenoxy) is 3. The van der Waals surface area contributed by atoms with Gasteiger partial charge in [-0.05, 0) is 37.1 Å². The number of benzene rings is 2. The van der Waals surface area contributed by atoms with Gasteiger partial charge in [0, 0.05) is 0 Å². The van der Waals surface area contributed by atoms with E-state index in [9.17, 15) is 14.7 Å². The lowest BCUT2D eigenvalue weighted by atomic mass is 10.1. The van der Waals surface area contributed by atoms with Crippen molar-refractivity contribution in [1.29, 1.82) is 0 Å². The molecule has 6 heteroatoms. The predicted octanol–water partition coefficient (Wildman–Crippen LogP) is 2.57. The third-order valence-corrected chi connectivity index (χ3v) is 4.10. The summed E-state index contributed by atoms with van der Waals surface area (Å²) in [6, 6.07) is 17.2. The van der Waals surface area contributed by atoms with Gasteiger partial charge in [0.25, 0.3) is 0 Å². The summed E-state index contributed by atoms with van der Waals surface area (Å²) in [4.78, 5) is 24.0. The summed E-state index contributed by atoms with van der Waals surface area (Å²) in [5.41, 5.74) is 0.872. The molecule has 1 saturated heterocycles. The molecular weight excluding hydrogens is 336 g/mol. The molecule has 3 unspecified atom stereocenters. The second kappa shape index (κ2) is 8.60. The Hall–Kier alpha value is -2.70. The summed E-state index contributed by atoms with van der Waals surface area (Å²) < 4.78 is 16.0. The van der Waals surface area contributed by atoms with Crippen LogP contribution in [0.15, 0.2) is 60.7 Å². The van der Waals surface area contributed by atoms with Crippen molar-refractivity contribution in [3.63, 3.8) is 0 Å². The fraction of sp³-hybridized carbons (Fsp3) is 0.300. The minimum absolute atomic E-state index is 0.0319. The number of carbonyl (C=O) groups is 2. The largest absolute Gasteiger partial charge is 0.459 e. The lowest BCUT2D eigenvalue weighted by molar-refractivity contribution is -0.221. The zero-order valence-corrected chi connectivity index (χ0v) is 14.1. The molecule has 1 heterocycles. The van der Waals surface area contributed by atoms with Crippen LogP contribution in [0.4, 0.5) is 0 Å². The van der Waals surface area contributed by atoms with E-state index in [1.54, 1.807) is 54.6 Å². The molecular formula is C20H20O6. The summed E-state index contributed by atoms with van der Waals surface area (Å²) >= 11 is 0. The molecule has 1 fully saturated rings. The first-order chi connectivity index (χ1) is 12.6. The molecule has 26 heavy (non-hydrogen) atoms. The fourth-order valence-electron chi connectivity index (χ4n) is 2.69. The number of carbonyl (C=O) groups excluding carboxylic acids is 2. The monoisotopic (exact) mass is 356 g/mol. The van der Waals surface area contributed by atoms with Gasteiger partial charge < -0.3 is 19.3 Å². The van der Waals surface area contributed by atoms with Crippen LogP contribution in [0, 0.1) is 0 Å². The molecule has 1 N–H and O–H groups in total. The molecule has 2 aromatic carbocycles. The maximum Gasteiger partial charge on any atom is 0.338 e. The predicted molar refractivity (Wildman–Crippen MR) is 92.5 cm³/mol. The standard InChI is InChI=1S/C20H20O6/c21-18(14-7-3-1-4-8-14)24-13-16-11-12-17(20(23)25-16)26-19(22)15-9-5-2-6-10-15/h1-10,16-17,20,23H,11-13H2. The third kappa shape index (κ3) is 4.68. The van der Waals surface area contributed by atoms with Crippen molar-refractivity contribution in [2.75, 3.05) is 6.61 Å². The highest BCUT2D eigenvalue weighted by Crippen LogP contribution is 2.22. The zero-order valence-electron chi connectivity index (χ0n) is 14.1. The number of hydrogen-bond acceptors (Lipinski definition) is 6. The van der Waals surface area contributed by atoms with Gasteiger partial charge in [0.2, 0.25) is 0 Å². The van der Waals surface area contributed by atoms with Crippen LogP contribution >= 0.6 is 0 Å². The summed E-state index contributed by atoms with van der Waals surface area (Å²) in [6.07, 6.45) is -1.51. The molecule has 0 bridgehead atoms. The normalized spacial score (nSPS) is 22.4. The first-order valence-corrected chi connectivity index (χ1v) is 8.45. The lowest BCUT2D eigenvalue weighted by Gasteiger charge is -2.32. The fourth-order valence-corrected chi connectivity index (χ4v) is 2.69. The van der Waals surface area contributed by atoms with E-state index in [0.29, 0.717) is 24.0 Å². The van der Waals surface area contributed by atoms with E-state index < -0.39 is 30.4 Å². The first kappa shape index (κ1) is 18.1. The van der Waals surface area contributed by atoms with E-state index in [0.717, 1.165) is 0 Å². The Bertz CT molecular complexity index is 730. The van der Waals surface area contributed by atoms with Gasteiger partial charge in [-0.1, -0.05) is 36.4 Å². The average Bonchev–Trinajstić information content (AvgIpc) is 2.69. The minimum atomic E-state index is -1.25. The lowest BCUT2D eigenvalue weighted by Crippen LogP contribution is -2.43. The van der Waals surface area contributed by atoms with E-state index in [-0.39, 0.29) is 6.61 Å². The highest BCUT2D eigenvalue weighted by atomic mass is 16.7. The van der Waals surface area contributed by atoms with Gasteiger partial charge in [0.05, 0.1) is 17.2 Å². The second-order valence-electron chi connectivity index (χ2n) is 6.00. The van der Waals surface area contributed by atoms with Crippen molar-refractivity contribution >= 4 is 11.9 Å². The molecule has 2 aromatic rings. The molecule has 3 atom stereocenters. The Labute approximate surface area is 151 Å². The molecule has 0 aromatic heterocycles. The van der Waals surface area contributed by atoms with Crippen LogP contribution in [0.2, 0.25) is 0 Å². The first-order valence-electron chi connectivity index (χ1n) is 8.45. The van der Waals surface area contributed by atoms with Crippen LogP contribution in [-0.2, 0) is 14.2 Å². The summed E-state index contributed by atoms with van der Waals surface area (Å²) in [6.45, 7) is 0.0319. The van der Waals surface area contributed by atoms with E-state index in [4.69, 9.17) is 14.2 Å². The van der Waals surface area contributed by atoms with Crippen molar-refractivity contribution in [3.8, 4) is 0 Å². The summed E-state index contributed by atoms with van der Waals surface area (Å²) in [5.74, 6) is -0.950. The molecule has 1 aliphatic heterocycles. The summed E-state index contributed by atoms with van der Waals surface area (Å²) in [5, 5.41) is 10.1. The van der Waals surface area contributed by atoms with Crippen LogP contribution in [-0.4, -0.2) is 42.1 Å². The Kier molecular flexibility index (Phi) is 5.99. The topological polar surface area (TPSA) is 82.1 Å². The smallest absolute Gasteiger partial charge is 0.338 e. The van der Waals surface area contributed by atoms with Gasteiger partial charge in [-0.3, -0.25) is 0 Å². The van der Waals surface area contributed by atoms with Crippen molar-refractivity contribution in [1.82, 2.24) is 0 Å². The maximum absolute atomic E-state index is 12.1. The van der Waals surface area contributed by atoms with Crippen LogP contribution in [0.3, 0.4) is 0 Å². The zero-order chi connectivity index (χ0) is 18.4. The molecule has 6 nitrogen and oxygen atoms in total. The van der Waals surface area contributed by atoms with Gasteiger partial charge in [-0.25, -0.2) is 9.59 Å². The van der Waals surface area contributed by atoms with Gasteiger partial charge in [-0.2, -0.15) is 0 Å². The Morgan fingerprint density at radius 3 is 2.08 bits per heavy atom. The molecule has 0 spiro atoms. The van der Waals surface area contributed by atoms with Crippen molar-refractivity contribution < 1.29 is 28.9 Å². The Balaban J connectivity index is 1.46. The quantitative estimate of drug-likeness (QED) is 0.829. The number of aliphatic hydroxyl groups is 1. The molecule has 3 rings (SSSR count). The maximum atomic E-state index is 12.1. The van der Waals surface area contributed by atoms with E-state index in [1.165, 1.54) is 0 Å². The van der Waals surface area contributed by atoms with Gasteiger partial charge in [0.15, 0.2) is 12.4 Å². The van der Waals surface area contributed by atoms with Gasteiger partial charge >= 0.3 is 11.9 Å². The minimum Gasteiger partial charge on any atom is -0.459 e. The van der Waals surface area contributed by atoms with Crippen molar-refractivity contribution in [2.24, 2.45) is 0 Å². The van der Waals surface area contributed by atoms with E-state index in [1.807, 2.05) is 6.07 Å². The van der Waals surface area contributed by atoms with Crippen molar-refractivity contribution in [2.45, 2.75) is 31.3 Å². The van der Waals surface area contributed by atoms with Gasteiger partial charge in [-0.15, -0.1) is 0 Å². The SMILES string of the molecule is O=C(OCC1CCC(OC(=O)c2ccccc2)C(O)O1)c1ccccc1. The van der Waals surface area contributed by atoms with Crippen LogP contribution in [0.5, 0.6) is 0 Å². The van der Waals surface area contributed by atoms with Crippen LogP contribution in [0.1, 0.15) is 33.6 Å². The molecule has 136 valence electrons. The van der Waals surface area contributed by atoms with Crippen molar-refractivity contribution in [3.05, 3.63) is 71.8 Å². The highest BCUT2D eigenvalue weighted by Gasteiger charge is 2.33. The number of aliphatic hydroxyl groups excluding tert-OH is 1. The Morgan fingerprint density at radius 2 is 1.50 bits per heavy atom. The molecule has 0 aliphatic carbocycles. The third-order valence-electron chi connectivity index (χ3n) is 4.10. The van der Waals surface area contributed by atoms with E-state index >= 15 is 0 Å². The number of hydrogen-bond donors (Lipinski definition) is 1. The molecule has 1 aliphatic rings. The van der Waals surface area contributed by atoms with Gasteiger partial charge in [0.1, 0.15) is 6.61 Å². The second-order valence-corrected chi connectivity index (χ2v) is 6.00. The average molecular weight is 356 g/mol. The molecule has 0 radical (unpaired) electrons. The molecule has 0 amide bonds. The van der Waals surface area contributed by atoms with E-state index in [2.05, 4.69) is 0 Å². The summed E-state index contributed by atoms with van der Waals surface area (Å²) in [7, 11) is 0. The molecule has 0 saturated carbocycles.